The van der Waals surface area contributed by atoms with E-state index in [4.69, 9.17) is 4.42 Å². The highest BCUT2D eigenvalue weighted by Gasteiger charge is 2.13. The standard InChI is InChI=1S/C17H18N6O2/c24-16(15-5-4-8-25-15)21-13-9-20-23(12-13)17-18-10-14(11-19-17)22-6-2-1-3-7-22/h4-5,8-12H,1-3,6-7H2,(H,21,24). The molecular formula is C17H18N6O2. The molecule has 0 bridgehead atoms. The predicted octanol–water partition coefficient (Wildman–Crippen LogP) is 2.50. The molecule has 3 aromatic rings. The Morgan fingerprint density at radius 3 is 2.64 bits per heavy atom. The minimum Gasteiger partial charge on any atom is -0.459 e. The Morgan fingerprint density at radius 1 is 1.12 bits per heavy atom. The molecule has 8 heteroatoms. The summed E-state index contributed by atoms with van der Waals surface area (Å²) in [7, 11) is 0. The Bertz CT molecular complexity index is 834. The van der Waals surface area contributed by atoms with E-state index in [1.165, 1.54) is 30.2 Å². The van der Waals surface area contributed by atoms with Gasteiger partial charge in [-0.25, -0.2) is 14.6 Å². The van der Waals surface area contributed by atoms with Crippen LogP contribution in [0.3, 0.4) is 0 Å². The van der Waals surface area contributed by atoms with Gasteiger partial charge in [-0.15, -0.1) is 0 Å². The molecule has 8 nitrogen and oxygen atoms in total. The van der Waals surface area contributed by atoms with Crippen LogP contribution in [0.5, 0.6) is 0 Å². The Labute approximate surface area is 144 Å². The molecule has 128 valence electrons. The van der Waals surface area contributed by atoms with Gasteiger partial charge in [0.15, 0.2) is 5.76 Å². The van der Waals surface area contributed by atoms with Crippen molar-refractivity contribution in [2.75, 3.05) is 23.3 Å². The number of nitrogens with one attached hydrogen (secondary N) is 1. The van der Waals surface area contributed by atoms with Crippen LogP contribution in [-0.4, -0.2) is 38.7 Å². The fourth-order valence-electron chi connectivity index (χ4n) is 2.85. The lowest BCUT2D eigenvalue weighted by atomic mass is 10.1. The molecule has 3 aromatic heterocycles. The third kappa shape index (κ3) is 3.37. The van der Waals surface area contributed by atoms with Gasteiger partial charge >= 0.3 is 0 Å². The lowest BCUT2D eigenvalue weighted by Crippen LogP contribution is -2.29. The van der Waals surface area contributed by atoms with Gasteiger partial charge in [0.2, 0.25) is 0 Å². The van der Waals surface area contributed by atoms with Crippen LogP contribution in [0.15, 0.2) is 47.6 Å². The Morgan fingerprint density at radius 2 is 1.92 bits per heavy atom. The molecule has 1 N–H and O–H groups in total. The average molecular weight is 338 g/mol. The van der Waals surface area contributed by atoms with E-state index in [1.54, 1.807) is 24.5 Å². The molecule has 0 unspecified atom stereocenters. The lowest BCUT2D eigenvalue weighted by molar-refractivity contribution is 0.0996. The van der Waals surface area contributed by atoms with Gasteiger partial charge in [0.25, 0.3) is 11.9 Å². The number of rotatable bonds is 4. The first-order valence-electron chi connectivity index (χ1n) is 8.26. The molecule has 4 heterocycles. The molecule has 0 aliphatic carbocycles. The molecule has 25 heavy (non-hydrogen) atoms. The van der Waals surface area contributed by atoms with Gasteiger partial charge in [-0.3, -0.25) is 4.79 Å². The molecule has 1 fully saturated rings. The maximum absolute atomic E-state index is 12.0. The van der Waals surface area contributed by atoms with Crippen molar-refractivity contribution in [3.63, 3.8) is 0 Å². The minimum atomic E-state index is -0.328. The molecule has 0 radical (unpaired) electrons. The first kappa shape index (κ1) is 15.4. The Balaban J connectivity index is 1.45. The number of carbonyl (C=O) groups is 1. The lowest BCUT2D eigenvalue weighted by Gasteiger charge is -2.28. The SMILES string of the molecule is O=C(Nc1cnn(-c2ncc(N3CCCCC3)cn2)c1)c1ccco1. The van der Waals surface area contributed by atoms with Crippen molar-refractivity contribution in [2.24, 2.45) is 0 Å². The van der Waals surface area contributed by atoms with Crippen molar-refractivity contribution >= 4 is 17.3 Å². The summed E-state index contributed by atoms with van der Waals surface area (Å²) >= 11 is 0. The van der Waals surface area contributed by atoms with E-state index in [0.29, 0.717) is 11.6 Å². The maximum atomic E-state index is 12.0. The summed E-state index contributed by atoms with van der Waals surface area (Å²) in [5.41, 5.74) is 1.58. The molecule has 4 rings (SSSR count). The zero-order chi connectivity index (χ0) is 17.1. The average Bonchev–Trinajstić information content (AvgIpc) is 3.35. The minimum absolute atomic E-state index is 0.245. The zero-order valence-corrected chi connectivity index (χ0v) is 13.6. The van der Waals surface area contributed by atoms with Crippen LogP contribution in [-0.2, 0) is 0 Å². The number of amides is 1. The van der Waals surface area contributed by atoms with E-state index in [-0.39, 0.29) is 11.7 Å². The third-order valence-electron chi connectivity index (χ3n) is 4.14. The van der Waals surface area contributed by atoms with Crippen LogP contribution in [0.4, 0.5) is 11.4 Å². The van der Waals surface area contributed by atoms with Crippen LogP contribution in [0.1, 0.15) is 29.8 Å². The summed E-state index contributed by atoms with van der Waals surface area (Å²) in [4.78, 5) is 23.0. The fraction of sp³-hybridized carbons (Fsp3) is 0.294. The van der Waals surface area contributed by atoms with Crippen molar-refractivity contribution in [1.82, 2.24) is 19.7 Å². The second-order valence-electron chi connectivity index (χ2n) is 5.89. The highest BCUT2D eigenvalue weighted by Crippen LogP contribution is 2.18. The van der Waals surface area contributed by atoms with Crippen LogP contribution in [0.2, 0.25) is 0 Å². The topological polar surface area (TPSA) is 89.1 Å². The van der Waals surface area contributed by atoms with E-state index in [9.17, 15) is 4.79 Å². The summed E-state index contributed by atoms with van der Waals surface area (Å²) in [6.45, 7) is 2.10. The van der Waals surface area contributed by atoms with Crippen molar-refractivity contribution in [3.8, 4) is 5.95 Å². The zero-order valence-electron chi connectivity index (χ0n) is 13.6. The molecule has 1 saturated heterocycles. The summed E-state index contributed by atoms with van der Waals surface area (Å²) in [6.07, 6.45) is 12.0. The molecule has 1 aliphatic rings. The van der Waals surface area contributed by atoms with Gasteiger partial charge in [0, 0.05) is 13.1 Å². The molecule has 1 aliphatic heterocycles. The van der Waals surface area contributed by atoms with Gasteiger partial charge < -0.3 is 14.6 Å². The molecule has 0 spiro atoms. The smallest absolute Gasteiger partial charge is 0.291 e. The van der Waals surface area contributed by atoms with Crippen molar-refractivity contribution in [2.45, 2.75) is 19.3 Å². The van der Waals surface area contributed by atoms with Crippen LogP contribution >= 0.6 is 0 Å². The van der Waals surface area contributed by atoms with E-state index in [1.807, 2.05) is 12.4 Å². The number of anilines is 2. The Kier molecular flexibility index (Phi) is 4.16. The number of piperidine rings is 1. The van der Waals surface area contributed by atoms with Gasteiger partial charge in [0.05, 0.1) is 42.4 Å². The van der Waals surface area contributed by atoms with Crippen LogP contribution in [0, 0.1) is 0 Å². The summed E-state index contributed by atoms with van der Waals surface area (Å²) in [6, 6.07) is 3.26. The van der Waals surface area contributed by atoms with Crippen LogP contribution in [0.25, 0.3) is 5.95 Å². The van der Waals surface area contributed by atoms with Gasteiger partial charge in [-0.05, 0) is 31.4 Å². The van der Waals surface area contributed by atoms with Crippen LogP contribution < -0.4 is 10.2 Å². The first-order valence-corrected chi connectivity index (χ1v) is 8.26. The number of hydrogen-bond acceptors (Lipinski definition) is 6. The summed E-state index contributed by atoms with van der Waals surface area (Å²) < 4.78 is 6.59. The number of furan rings is 1. The summed E-state index contributed by atoms with van der Waals surface area (Å²) in [5.74, 6) is 0.375. The number of hydrogen-bond donors (Lipinski definition) is 1. The summed E-state index contributed by atoms with van der Waals surface area (Å²) in [5, 5.41) is 6.91. The van der Waals surface area contributed by atoms with Crippen molar-refractivity contribution in [1.29, 1.82) is 0 Å². The number of nitrogens with zero attached hydrogens (tertiary/aromatic N) is 5. The van der Waals surface area contributed by atoms with E-state index in [0.717, 1.165) is 18.8 Å². The van der Waals surface area contributed by atoms with E-state index in [2.05, 4.69) is 25.3 Å². The van der Waals surface area contributed by atoms with Gasteiger partial charge in [-0.2, -0.15) is 5.10 Å². The monoisotopic (exact) mass is 338 g/mol. The number of carbonyl (C=O) groups excluding carboxylic acids is 1. The molecule has 0 saturated carbocycles. The second-order valence-corrected chi connectivity index (χ2v) is 5.89. The third-order valence-corrected chi connectivity index (χ3v) is 4.14. The molecular weight excluding hydrogens is 320 g/mol. The molecule has 0 atom stereocenters. The number of aromatic nitrogens is 4. The quantitative estimate of drug-likeness (QED) is 0.786. The van der Waals surface area contributed by atoms with Crippen molar-refractivity contribution in [3.05, 3.63) is 48.9 Å². The molecule has 0 aromatic carbocycles. The van der Waals surface area contributed by atoms with Gasteiger partial charge in [-0.1, -0.05) is 0 Å². The van der Waals surface area contributed by atoms with Gasteiger partial charge in [0.1, 0.15) is 0 Å². The highest BCUT2D eigenvalue weighted by atomic mass is 16.3. The van der Waals surface area contributed by atoms with Crippen molar-refractivity contribution < 1.29 is 9.21 Å². The fourth-order valence-corrected chi connectivity index (χ4v) is 2.85. The molecule has 1 amide bonds. The highest BCUT2D eigenvalue weighted by molar-refractivity contribution is 6.02. The first-order chi connectivity index (χ1) is 12.3. The maximum Gasteiger partial charge on any atom is 0.291 e. The predicted molar refractivity (Wildman–Crippen MR) is 91.9 cm³/mol. The Hall–Kier alpha value is -3.16. The normalized spacial score (nSPS) is 14.5. The van der Waals surface area contributed by atoms with E-state index >= 15 is 0 Å². The second kappa shape index (κ2) is 6.76. The largest absolute Gasteiger partial charge is 0.459 e. The van der Waals surface area contributed by atoms with E-state index < -0.39 is 0 Å².